The quantitative estimate of drug-likeness (QED) is 0.578. The van der Waals surface area contributed by atoms with Crippen LogP contribution in [0.2, 0.25) is 5.02 Å². The van der Waals surface area contributed by atoms with Crippen LogP contribution in [-0.4, -0.2) is 59.8 Å². The molecule has 2 unspecified atom stereocenters. The predicted molar refractivity (Wildman–Crippen MR) is 107 cm³/mol. The van der Waals surface area contributed by atoms with Crippen LogP contribution in [0.15, 0.2) is 42.5 Å². The number of amides is 1. The third-order valence-electron chi connectivity index (χ3n) is 5.07. The monoisotopic (exact) mass is 421 g/mol. The molecular weight excluding hydrogens is 398 g/mol. The molecule has 1 aliphatic rings. The van der Waals surface area contributed by atoms with E-state index < -0.39 is 36.4 Å². The summed E-state index contributed by atoms with van der Waals surface area (Å²) in [6.07, 6.45) is -6.24. The van der Waals surface area contributed by atoms with Crippen LogP contribution in [0.25, 0.3) is 0 Å². The number of aliphatic hydroxyl groups excluding tert-OH is 3. The number of hydrogen-bond donors (Lipinski definition) is 4. The van der Waals surface area contributed by atoms with Crippen LogP contribution >= 0.6 is 11.6 Å². The maximum Gasteiger partial charge on any atom is 0.251 e. The normalized spacial score (nSPS) is 26.8. The van der Waals surface area contributed by atoms with Gasteiger partial charge in [-0.2, -0.15) is 0 Å². The molecule has 2 aromatic carbocycles. The molecule has 5 atom stereocenters. The molecule has 7 nitrogen and oxygen atoms in total. The molecule has 1 heterocycles. The van der Waals surface area contributed by atoms with E-state index in [1.165, 1.54) is 7.05 Å². The van der Waals surface area contributed by atoms with Crippen molar-refractivity contribution in [3.05, 3.63) is 64.2 Å². The zero-order valence-electron chi connectivity index (χ0n) is 16.1. The standard InChI is InChI=1S/C21H24ClNO6/c1-23-21(27)20-18(26)16(24)17(25)19(29-20)12-5-8-15(22)13(10-12)9-11-3-6-14(28-2)7-4-11/h3-8,10,16-20,24-26H,9H2,1-2H3,(H,23,27)/t16?,17-,18+,19+,20?/m1/s1. The highest BCUT2D eigenvalue weighted by atomic mass is 35.5. The van der Waals surface area contributed by atoms with Crippen molar-refractivity contribution in [2.75, 3.05) is 14.2 Å². The summed E-state index contributed by atoms with van der Waals surface area (Å²) < 4.78 is 10.8. The summed E-state index contributed by atoms with van der Waals surface area (Å²) in [6, 6.07) is 12.7. The minimum Gasteiger partial charge on any atom is -0.497 e. The van der Waals surface area contributed by atoms with Gasteiger partial charge in [-0.05, 0) is 41.3 Å². The number of halogens is 1. The van der Waals surface area contributed by atoms with E-state index >= 15 is 0 Å². The second-order valence-electron chi connectivity index (χ2n) is 6.94. The highest BCUT2D eigenvalue weighted by Gasteiger charge is 2.47. The number of benzene rings is 2. The lowest BCUT2D eigenvalue weighted by atomic mass is 9.89. The van der Waals surface area contributed by atoms with Crippen molar-refractivity contribution in [1.82, 2.24) is 5.32 Å². The van der Waals surface area contributed by atoms with Gasteiger partial charge >= 0.3 is 0 Å². The van der Waals surface area contributed by atoms with Gasteiger partial charge in [0.2, 0.25) is 0 Å². The molecule has 0 radical (unpaired) electrons. The molecule has 8 heteroatoms. The summed E-state index contributed by atoms with van der Waals surface area (Å²) in [6.45, 7) is 0. The third kappa shape index (κ3) is 4.55. The number of carbonyl (C=O) groups excluding carboxylic acids is 1. The molecule has 1 fully saturated rings. The second-order valence-corrected chi connectivity index (χ2v) is 7.35. The van der Waals surface area contributed by atoms with Crippen LogP contribution in [0.1, 0.15) is 22.8 Å². The van der Waals surface area contributed by atoms with Gasteiger partial charge in [0, 0.05) is 12.1 Å². The maximum atomic E-state index is 12.0. The van der Waals surface area contributed by atoms with Crippen LogP contribution in [0.3, 0.4) is 0 Å². The molecule has 0 aromatic heterocycles. The fourth-order valence-electron chi connectivity index (χ4n) is 3.38. The molecule has 156 valence electrons. The number of likely N-dealkylation sites (N-methyl/N-ethyl adjacent to an activating group) is 1. The smallest absolute Gasteiger partial charge is 0.251 e. The zero-order valence-corrected chi connectivity index (χ0v) is 16.8. The van der Waals surface area contributed by atoms with Crippen LogP contribution in [-0.2, 0) is 16.0 Å². The molecular formula is C21H24ClNO6. The predicted octanol–water partition coefficient (Wildman–Crippen LogP) is 1.21. The SMILES string of the molecule is CNC(=O)C1O[C@@H](c2ccc(Cl)c(Cc3ccc(OC)cc3)c2)[C@H](O)C(O)[C@@H]1O. The third-order valence-corrected chi connectivity index (χ3v) is 5.44. The highest BCUT2D eigenvalue weighted by Crippen LogP contribution is 2.34. The second kappa shape index (κ2) is 9.11. The van der Waals surface area contributed by atoms with Crippen LogP contribution in [0.5, 0.6) is 5.75 Å². The summed E-state index contributed by atoms with van der Waals surface area (Å²) in [5.74, 6) is 0.168. The minimum atomic E-state index is -1.53. The van der Waals surface area contributed by atoms with Crippen molar-refractivity contribution in [2.45, 2.75) is 36.9 Å². The molecule has 0 bridgehead atoms. The van der Waals surface area contributed by atoms with E-state index in [9.17, 15) is 20.1 Å². The summed E-state index contributed by atoms with van der Waals surface area (Å²) in [5, 5.41) is 33.6. The van der Waals surface area contributed by atoms with Gasteiger partial charge in [-0.3, -0.25) is 4.79 Å². The Bertz CT molecular complexity index is 859. The molecule has 29 heavy (non-hydrogen) atoms. The average molecular weight is 422 g/mol. The molecule has 0 aliphatic carbocycles. The first-order valence-corrected chi connectivity index (χ1v) is 9.56. The summed E-state index contributed by atoms with van der Waals surface area (Å²) >= 11 is 6.35. The molecule has 0 saturated carbocycles. The van der Waals surface area contributed by atoms with E-state index in [-0.39, 0.29) is 0 Å². The molecule has 0 spiro atoms. The van der Waals surface area contributed by atoms with E-state index in [4.69, 9.17) is 21.1 Å². The van der Waals surface area contributed by atoms with E-state index in [1.54, 1.807) is 25.3 Å². The van der Waals surface area contributed by atoms with Crippen molar-refractivity contribution >= 4 is 17.5 Å². The van der Waals surface area contributed by atoms with Gasteiger partial charge in [0.1, 0.15) is 30.2 Å². The Kier molecular flexibility index (Phi) is 6.77. The van der Waals surface area contributed by atoms with Crippen molar-refractivity contribution in [1.29, 1.82) is 0 Å². The number of carbonyl (C=O) groups is 1. The topological polar surface area (TPSA) is 108 Å². The first-order valence-electron chi connectivity index (χ1n) is 9.18. The van der Waals surface area contributed by atoms with E-state index in [2.05, 4.69) is 5.32 Å². The van der Waals surface area contributed by atoms with Crippen molar-refractivity contribution < 1.29 is 29.6 Å². The largest absolute Gasteiger partial charge is 0.497 e. The Labute approximate surface area is 173 Å². The number of aliphatic hydroxyl groups is 3. The maximum absolute atomic E-state index is 12.0. The van der Waals surface area contributed by atoms with Crippen LogP contribution in [0, 0.1) is 0 Å². The first-order chi connectivity index (χ1) is 13.8. The number of hydrogen-bond acceptors (Lipinski definition) is 6. The van der Waals surface area contributed by atoms with Gasteiger partial charge in [-0.1, -0.05) is 35.9 Å². The fraction of sp³-hybridized carbons (Fsp3) is 0.381. The summed E-state index contributed by atoms with van der Waals surface area (Å²) in [4.78, 5) is 12.0. The van der Waals surface area contributed by atoms with Gasteiger partial charge in [0.15, 0.2) is 6.10 Å². The highest BCUT2D eigenvalue weighted by molar-refractivity contribution is 6.31. The zero-order chi connectivity index (χ0) is 21.1. The Hall–Kier alpha value is -2.16. The molecule has 4 N–H and O–H groups in total. The van der Waals surface area contributed by atoms with Gasteiger partial charge in [0.05, 0.1) is 7.11 Å². The lowest BCUT2D eigenvalue weighted by Gasteiger charge is -2.40. The number of rotatable bonds is 5. The lowest BCUT2D eigenvalue weighted by Crippen LogP contribution is -2.58. The van der Waals surface area contributed by atoms with Crippen molar-refractivity contribution in [3.8, 4) is 5.75 Å². The van der Waals surface area contributed by atoms with Gasteiger partial charge in [-0.25, -0.2) is 0 Å². The van der Waals surface area contributed by atoms with Crippen LogP contribution < -0.4 is 10.1 Å². The van der Waals surface area contributed by atoms with E-state index in [1.807, 2.05) is 24.3 Å². The molecule has 2 aromatic rings. The Morgan fingerprint density at radius 2 is 1.79 bits per heavy atom. The molecule has 1 amide bonds. The number of nitrogens with one attached hydrogen (secondary N) is 1. The van der Waals surface area contributed by atoms with E-state index in [0.717, 1.165) is 16.9 Å². The Balaban J connectivity index is 1.87. The average Bonchev–Trinajstić information content (AvgIpc) is 2.74. The summed E-state index contributed by atoms with van der Waals surface area (Å²) in [5.41, 5.74) is 2.35. The van der Waals surface area contributed by atoms with Gasteiger partial charge in [0.25, 0.3) is 5.91 Å². The molecule has 3 rings (SSSR count). The van der Waals surface area contributed by atoms with Gasteiger partial charge < -0.3 is 30.1 Å². The van der Waals surface area contributed by atoms with Gasteiger partial charge in [-0.15, -0.1) is 0 Å². The number of ether oxygens (including phenoxy) is 2. The van der Waals surface area contributed by atoms with Crippen molar-refractivity contribution in [3.63, 3.8) is 0 Å². The van der Waals surface area contributed by atoms with Crippen molar-refractivity contribution in [2.24, 2.45) is 0 Å². The first kappa shape index (κ1) is 21.5. The Morgan fingerprint density at radius 3 is 2.41 bits per heavy atom. The Morgan fingerprint density at radius 1 is 1.10 bits per heavy atom. The lowest BCUT2D eigenvalue weighted by molar-refractivity contribution is -0.222. The molecule has 1 aliphatic heterocycles. The van der Waals surface area contributed by atoms with Crippen LogP contribution in [0.4, 0.5) is 0 Å². The van der Waals surface area contributed by atoms with E-state index in [0.29, 0.717) is 17.0 Å². The fourth-order valence-corrected chi connectivity index (χ4v) is 3.57. The number of methoxy groups -OCH3 is 1. The summed E-state index contributed by atoms with van der Waals surface area (Å²) in [7, 11) is 3.00. The minimum absolute atomic E-state index is 0.531. The molecule has 1 saturated heterocycles.